The van der Waals surface area contributed by atoms with Crippen LogP contribution in [0.4, 0.5) is 5.69 Å². The van der Waals surface area contributed by atoms with E-state index in [1.807, 2.05) is 56.3 Å². The van der Waals surface area contributed by atoms with Gasteiger partial charge in [0.05, 0.1) is 18.0 Å². The fourth-order valence-corrected chi connectivity index (χ4v) is 5.09. The molecular weight excluding hydrogens is 450 g/mol. The standard InChI is InChI=1S/C26H31N3O4S/c1-18-10-11-19(2)25(16-18)34(31,32)28-21-14-12-20(13-15-21)26(30)27-17-23(29(3)4)22-8-6-7-9-24(22)33-5/h6-16,23,28H,17H2,1-5H3,(H,27,30). The topological polar surface area (TPSA) is 87.7 Å². The molecule has 1 unspecified atom stereocenters. The molecule has 0 saturated heterocycles. The number of methoxy groups -OCH3 is 1. The normalized spacial score (nSPS) is 12.3. The zero-order valence-corrected chi connectivity index (χ0v) is 20.9. The zero-order chi connectivity index (χ0) is 24.9. The minimum absolute atomic E-state index is 0.0799. The SMILES string of the molecule is COc1ccccc1C(CNC(=O)c1ccc(NS(=O)(=O)c2cc(C)ccc2C)cc1)N(C)C. The highest BCUT2D eigenvalue weighted by Gasteiger charge is 2.20. The molecule has 1 amide bonds. The van der Waals surface area contributed by atoms with Crippen LogP contribution in [0.3, 0.4) is 0 Å². The minimum atomic E-state index is -3.74. The molecule has 1 atom stereocenters. The molecular formula is C26H31N3O4S. The van der Waals surface area contributed by atoms with E-state index < -0.39 is 10.0 Å². The summed E-state index contributed by atoms with van der Waals surface area (Å²) >= 11 is 0. The van der Waals surface area contributed by atoms with Gasteiger partial charge in [-0.2, -0.15) is 0 Å². The number of para-hydroxylation sites is 1. The predicted molar refractivity (Wildman–Crippen MR) is 135 cm³/mol. The van der Waals surface area contributed by atoms with Crippen LogP contribution in [-0.4, -0.2) is 47.0 Å². The highest BCUT2D eigenvalue weighted by molar-refractivity contribution is 7.92. The highest BCUT2D eigenvalue weighted by Crippen LogP contribution is 2.27. The van der Waals surface area contributed by atoms with Gasteiger partial charge in [0.25, 0.3) is 15.9 Å². The third kappa shape index (κ3) is 5.95. The number of nitrogens with zero attached hydrogens (tertiary/aromatic N) is 1. The molecule has 3 rings (SSSR count). The average Bonchev–Trinajstić information content (AvgIpc) is 2.81. The van der Waals surface area contributed by atoms with Gasteiger partial charge in [-0.15, -0.1) is 0 Å². The average molecular weight is 482 g/mol. The summed E-state index contributed by atoms with van der Waals surface area (Å²) in [6.07, 6.45) is 0. The Labute approximate surface area is 201 Å². The van der Waals surface area contributed by atoms with Gasteiger partial charge < -0.3 is 15.0 Å². The van der Waals surface area contributed by atoms with E-state index in [1.165, 1.54) is 0 Å². The van der Waals surface area contributed by atoms with Crippen molar-refractivity contribution in [3.63, 3.8) is 0 Å². The highest BCUT2D eigenvalue weighted by atomic mass is 32.2. The summed E-state index contributed by atoms with van der Waals surface area (Å²) in [4.78, 5) is 15.0. The fraction of sp³-hybridized carbons (Fsp3) is 0.269. The van der Waals surface area contributed by atoms with Gasteiger partial charge in [0.15, 0.2) is 0 Å². The van der Waals surface area contributed by atoms with Crippen LogP contribution in [0.25, 0.3) is 0 Å². The van der Waals surface area contributed by atoms with Crippen LogP contribution in [-0.2, 0) is 10.0 Å². The molecule has 3 aromatic carbocycles. The van der Waals surface area contributed by atoms with Crippen molar-refractivity contribution in [2.45, 2.75) is 24.8 Å². The lowest BCUT2D eigenvalue weighted by Crippen LogP contribution is -2.34. The van der Waals surface area contributed by atoms with Crippen molar-refractivity contribution in [1.82, 2.24) is 10.2 Å². The maximum atomic E-state index is 12.8. The number of carbonyl (C=O) groups excluding carboxylic acids is 1. The number of nitrogens with one attached hydrogen (secondary N) is 2. The van der Waals surface area contributed by atoms with E-state index in [2.05, 4.69) is 10.0 Å². The number of amides is 1. The molecule has 0 heterocycles. The second-order valence-electron chi connectivity index (χ2n) is 8.38. The number of aryl methyl sites for hydroxylation is 2. The van der Waals surface area contributed by atoms with Gasteiger partial charge >= 0.3 is 0 Å². The monoisotopic (exact) mass is 481 g/mol. The van der Waals surface area contributed by atoms with Crippen molar-refractivity contribution >= 4 is 21.6 Å². The van der Waals surface area contributed by atoms with Gasteiger partial charge in [0.2, 0.25) is 0 Å². The number of rotatable bonds is 9. The minimum Gasteiger partial charge on any atom is -0.496 e. The van der Waals surface area contributed by atoms with Gasteiger partial charge in [0, 0.05) is 23.4 Å². The first-order valence-electron chi connectivity index (χ1n) is 10.9. The van der Waals surface area contributed by atoms with E-state index in [9.17, 15) is 13.2 Å². The number of likely N-dealkylation sites (N-methyl/N-ethyl adjacent to an activating group) is 1. The van der Waals surface area contributed by atoms with Crippen molar-refractivity contribution in [3.8, 4) is 5.75 Å². The summed E-state index contributed by atoms with van der Waals surface area (Å²) in [6, 6.07) is 19.3. The molecule has 0 bridgehead atoms. The number of sulfonamides is 1. The molecule has 0 aromatic heterocycles. The smallest absolute Gasteiger partial charge is 0.262 e. The van der Waals surface area contributed by atoms with Gasteiger partial charge in [-0.25, -0.2) is 8.42 Å². The van der Waals surface area contributed by atoms with Crippen LogP contribution in [0.5, 0.6) is 5.75 Å². The Balaban J connectivity index is 1.69. The van der Waals surface area contributed by atoms with Crippen LogP contribution < -0.4 is 14.8 Å². The maximum absolute atomic E-state index is 12.8. The number of hydrogen-bond donors (Lipinski definition) is 2. The second-order valence-corrected chi connectivity index (χ2v) is 10.0. The molecule has 3 aromatic rings. The number of ether oxygens (including phenoxy) is 1. The summed E-state index contributed by atoms with van der Waals surface area (Å²) in [6.45, 7) is 3.99. The number of anilines is 1. The van der Waals surface area contributed by atoms with Crippen LogP contribution >= 0.6 is 0 Å². The van der Waals surface area contributed by atoms with E-state index in [0.29, 0.717) is 23.4 Å². The molecule has 0 aliphatic rings. The first kappa shape index (κ1) is 25.3. The lowest BCUT2D eigenvalue weighted by atomic mass is 10.0. The first-order valence-corrected chi connectivity index (χ1v) is 12.4. The molecule has 8 heteroatoms. The third-order valence-corrected chi connectivity index (χ3v) is 7.13. The molecule has 7 nitrogen and oxygen atoms in total. The van der Waals surface area contributed by atoms with E-state index >= 15 is 0 Å². The zero-order valence-electron chi connectivity index (χ0n) is 20.1. The van der Waals surface area contributed by atoms with Crippen LogP contribution in [0.15, 0.2) is 71.6 Å². The van der Waals surface area contributed by atoms with Crippen LogP contribution in [0.2, 0.25) is 0 Å². The van der Waals surface area contributed by atoms with Gasteiger partial charge in [-0.1, -0.05) is 30.3 Å². The van der Waals surface area contributed by atoms with E-state index in [1.54, 1.807) is 50.4 Å². The van der Waals surface area contributed by atoms with Crippen molar-refractivity contribution in [2.24, 2.45) is 0 Å². The Morgan fingerprint density at radius 1 is 1.00 bits per heavy atom. The van der Waals surface area contributed by atoms with Crippen molar-refractivity contribution in [2.75, 3.05) is 32.5 Å². The van der Waals surface area contributed by atoms with E-state index in [4.69, 9.17) is 4.74 Å². The van der Waals surface area contributed by atoms with E-state index in [-0.39, 0.29) is 16.8 Å². The summed E-state index contributed by atoms with van der Waals surface area (Å²) in [5, 5.41) is 2.96. The van der Waals surface area contributed by atoms with Gasteiger partial charge in [-0.05, 0) is 75.5 Å². The lowest BCUT2D eigenvalue weighted by Gasteiger charge is -2.26. The quantitative estimate of drug-likeness (QED) is 0.480. The van der Waals surface area contributed by atoms with Crippen LogP contribution in [0, 0.1) is 13.8 Å². The molecule has 0 radical (unpaired) electrons. The van der Waals surface area contributed by atoms with Gasteiger partial charge in [-0.3, -0.25) is 9.52 Å². The number of hydrogen-bond acceptors (Lipinski definition) is 5. The van der Waals surface area contributed by atoms with Crippen molar-refractivity contribution in [1.29, 1.82) is 0 Å². The Kier molecular flexibility index (Phi) is 7.96. The summed E-state index contributed by atoms with van der Waals surface area (Å²) in [5.41, 5.74) is 3.33. The summed E-state index contributed by atoms with van der Waals surface area (Å²) in [5.74, 6) is 0.515. The molecule has 0 spiro atoms. The Morgan fingerprint density at radius 3 is 2.32 bits per heavy atom. The summed E-state index contributed by atoms with van der Waals surface area (Å²) in [7, 11) is 1.78. The first-order chi connectivity index (χ1) is 16.1. The van der Waals surface area contributed by atoms with Crippen LogP contribution in [0.1, 0.15) is 33.1 Å². The molecule has 34 heavy (non-hydrogen) atoms. The Morgan fingerprint density at radius 2 is 1.68 bits per heavy atom. The molecule has 180 valence electrons. The Bertz CT molecular complexity index is 1260. The molecule has 0 saturated carbocycles. The van der Waals surface area contributed by atoms with Gasteiger partial charge in [0.1, 0.15) is 5.75 Å². The Hall–Kier alpha value is -3.36. The fourth-order valence-electron chi connectivity index (χ4n) is 3.70. The number of carbonyl (C=O) groups is 1. The predicted octanol–water partition coefficient (Wildman–Crippen LogP) is 4.15. The van der Waals surface area contributed by atoms with Crippen molar-refractivity contribution < 1.29 is 17.9 Å². The maximum Gasteiger partial charge on any atom is 0.262 e. The lowest BCUT2D eigenvalue weighted by molar-refractivity contribution is 0.0941. The van der Waals surface area contributed by atoms with Crippen molar-refractivity contribution in [3.05, 3.63) is 89.0 Å². The number of benzene rings is 3. The third-order valence-electron chi connectivity index (χ3n) is 5.61. The molecule has 2 N–H and O–H groups in total. The van der Waals surface area contributed by atoms with E-state index in [0.717, 1.165) is 16.9 Å². The summed E-state index contributed by atoms with van der Waals surface area (Å²) < 4.78 is 33.7. The molecule has 0 fully saturated rings. The molecule has 0 aliphatic heterocycles. The largest absolute Gasteiger partial charge is 0.496 e. The molecule has 0 aliphatic carbocycles. The second kappa shape index (κ2) is 10.7.